The second-order valence-electron chi connectivity index (χ2n) is 5.72. The number of rotatable bonds is 3. The van der Waals surface area contributed by atoms with Crippen molar-refractivity contribution in [1.29, 1.82) is 0 Å². The molecule has 2 aromatic carbocycles. The lowest BCUT2D eigenvalue weighted by Gasteiger charge is -2.14. The Morgan fingerprint density at radius 1 is 1.04 bits per heavy atom. The average molecular weight is 354 g/mol. The molecule has 1 heterocycles. The first-order chi connectivity index (χ1) is 12.0. The van der Waals surface area contributed by atoms with E-state index in [1.54, 1.807) is 44.4 Å². The third-order valence-corrected chi connectivity index (χ3v) is 4.03. The van der Waals surface area contributed by atoms with Gasteiger partial charge in [0.05, 0.1) is 11.3 Å². The number of pyridine rings is 1. The quantitative estimate of drug-likeness (QED) is 0.728. The molecule has 0 fully saturated rings. The minimum absolute atomic E-state index is 0.191. The van der Waals surface area contributed by atoms with Crippen LogP contribution in [0.3, 0.4) is 0 Å². The third kappa shape index (κ3) is 3.46. The fourth-order valence-electron chi connectivity index (χ4n) is 2.48. The van der Waals surface area contributed by atoms with Gasteiger partial charge in [-0.3, -0.25) is 9.59 Å². The largest absolute Gasteiger partial charge is 0.345 e. The SMILES string of the molecule is CN(C)C(=O)c1ccccc1NC(=O)c1cc2ccccc2c(Cl)n1. The van der Waals surface area contributed by atoms with Crippen molar-refractivity contribution in [2.24, 2.45) is 0 Å². The van der Waals surface area contributed by atoms with E-state index in [2.05, 4.69) is 10.3 Å². The highest BCUT2D eigenvalue weighted by Crippen LogP contribution is 2.23. The van der Waals surface area contributed by atoms with Gasteiger partial charge in [-0.2, -0.15) is 0 Å². The van der Waals surface area contributed by atoms with E-state index in [1.807, 2.05) is 24.3 Å². The molecule has 0 bridgehead atoms. The summed E-state index contributed by atoms with van der Waals surface area (Å²) in [4.78, 5) is 30.5. The second kappa shape index (κ2) is 6.91. The van der Waals surface area contributed by atoms with E-state index >= 15 is 0 Å². The summed E-state index contributed by atoms with van der Waals surface area (Å²) in [7, 11) is 3.32. The minimum Gasteiger partial charge on any atom is -0.345 e. The van der Waals surface area contributed by atoms with E-state index in [9.17, 15) is 9.59 Å². The molecule has 0 radical (unpaired) electrons. The Bertz CT molecular complexity index is 970. The number of anilines is 1. The molecule has 0 aliphatic carbocycles. The number of carbonyl (C=O) groups excluding carboxylic acids is 2. The topological polar surface area (TPSA) is 62.3 Å². The number of carbonyl (C=O) groups is 2. The number of nitrogens with one attached hydrogen (secondary N) is 1. The maximum Gasteiger partial charge on any atom is 0.274 e. The summed E-state index contributed by atoms with van der Waals surface area (Å²) in [5, 5.41) is 4.62. The molecule has 0 saturated heterocycles. The van der Waals surface area contributed by atoms with Gasteiger partial charge in [0, 0.05) is 19.5 Å². The third-order valence-electron chi connectivity index (χ3n) is 3.74. The van der Waals surface area contributed by atoms with Crippen LogP contribution in [0.5, 0.6) is 0 Å². The zero-order valence-electron chi connectivity index (χ0n) is 13.8. The fraction of sp³-hybridized carbons (Fsp3) is 0.105. The molecule has 126 valence electrons. The van der Waals surface area contributed by atoms with Gasteiger partial charge in [-0.1, -0.05) is 48.0 Å². The molecule has 1 aromatic heterocycles. The zero-order chi connectivity index (χ0) is 18.0. The van der Waals surface area contributed by atoms with E-state index in [0.717, 1.165) is 10.8 Å². The number of aromatic nitrogens is 1. The molecular formula is C19H16ClN3O2. The van der Waals surface area contributed by atoms with Crippen LogP contribution in [-0.4, -0.2) is 35.8 Å². The number of halogens is 1. The number of hydrogen-bond acceptors (Lipinski definition) is 3. The molecule has 3 rings (SSSR count). The summed E-state index contributed by atoms with van der Waals surface area (Å²) in [6.07, 6.45) is 0. The first kappa shape index (κ1) is 16.9. The van der Waals surface area contributed by atoms with E-state index in [4.69, 9.17) is 11.6 Å². The van der Waals surface area contributed by atoms with Crippen molar-refractivity contribution >= 4 is 39.9 Å². The van der Waals surface area contributed by atoms with Gasteiger partial charge in [0.1, 0.15) is 10.8 Å². The summed E-state index contributed by atoms with van der Waals surface area (Å²) >= 11 is 6.18. The van der Waals surface area contributed by atoms with E-state index < -0.39 is 5.91 Å². The van der Waals surface area contributed by atoms with Crippen LogP contribution in [0.1, 0.15) is 20.8 Å². The lowest BCUT2D eigenvalue weighted by Crippen LogP contribution is -2.24. The number of fused-ring (bicyclic) bond motifs is 1. The Morgan fingerprint density at radius 3 is 2.48 bits per heavy atom. The van der Waals surface area contributed by atoms with E-state index in [1.165, 1.54) is 4.90 Å². The molecule has 0 unspecified atom stereocenters. The maximum absolute atomic E-state index is 12.6. The Hall–Kier alpha value is -2.92. The van der Waals surface area contributed by atoms with Crippen LogP contribution in [0, 0.1) is 0 Å². The molecule has 1 N–H and O–H groups in total. The zero-order valence-corrected chi connectivity index (χ0v) is 14.5. The van der Waals surface area contributed by atoms with E-state index in [0.29, 0.717) is 11.3 Å². The molecule has 3 aromatic rings. The fourth-order valence-corrected chi connectivity index (χ4v) is 2.74. The normalized spacial score (nSPS) is 10.5. The minimum atomic E-state index is -0.424. The highest BCUT2D eigenvalue weighted by Gasteiger charge is 2.17. The molecule has 0 spiro atoms. The molecule has 6 heteroatoms. The van der Waals surface area contributed by atoms with Crippen molar-refractivity contribution < 1.29 is 9.59 Å². The number of nitrogens with zero attached hydrogens (tertiary/aromatic N) is 2. The molecule has 2 amide bonds. The van der Waals surface area contributed by atoms with Crippen molar-refractivity contribution in [3.8, 4) is 0 Å². The Labute approximate surface area is 150 Å². The predicted molar refractivity (Wildman–Crippen MR) is 99.2 cm³/mol. The Morgan fingerprint density at radius 2 is 1.72 bits per heavy atom. The van der Waals surface area contributed by atoms with Gasteiger partial charge in [0.2, 0.25) is 0 Å². The number of amides is 2. The second-order valence-corrected chi connectivity index (χ2v) is 6.08. The van der Waals surface area contributed by atoms with Gasteiger partial charge in [-0.15, -0.1) is 0 Å². The van der Waals surface area contributed by atoms with Crippen LogP contribution in [0.2, 0.25) is 5.15 Å². The van der Waals surface area contributed by atoms with Gasteiger partial charge in [0.25, 0.3) is 11.8 Å². The number of para-hydroxylation sites is 1. The van der Waals surface area contributed by atoms with Gasteiger partial charge in [0.15, 0.2) is 0 Å². The monoisotopic (exact) mass is 353 g/mol. The lowest BCUT2D eigenvalue weighted by atomic mass is 10.1. The maximum atomic E-state index is 12.6. The van der Waals surface area contributed by atoms with Crippen molar-refractivity contribution in [3.63, 3.8) is 0 Å². The first-order valence-electron chi connectivity index (χ1n) is 7.64. The molecule has 0 aliphatic heterocycles. The predicted octanol–water partition coefficient (Wildman–Crippen LogP) is 3.84. The van der Waals surface area contributed by atoms with Crippen LogP contribution in [0.15, 0.2) is 54.6 Å². The summed E-state index contributed by atoms with van der Waals surface area (Å²) in [6, 6.07) is 16.0. The summed E-state index contributed by atoms with van der Waals surface area (Å²) in [6.45, 7) is 0. The van der Waals surface area contributed by atoms with Crippen LogP contribution < -0.4 is 5.32 Å². The van der Waals surface area contributed by atoms with Crippen LogP contribution in [0.25, 0.3) is 10.8 Å². The van der Waals surface area contributed by atoms with Crippen molar-refractivity contribution in [2.75, 3.05) is 19.4 Å². The highest BCUT2D eigenvalue weighted by atomic mass is 35.5. The van der Waals surface area contributed by atoms with Crippen molar-refractivity contribution in [2.45, 2.75) is 0 Å². The summed E-state index contributed by atoms with van der Waals surface area (Å²) in [5.41, 5.74) is 1.03. The van der Waals surface area contributed by atoms with Crippen molar-refractivity contribution in [1.82, 2.24) is 9.88 Å². The number of hydrogen-bond donors (Lipinski definition) is 1. The van der Waals surface area contributed by atoms with Gasteiger partial charge < -0.3 is 10.2 Å². The molecular weight excluding hydrogens is 338 g/mol. The molecule has 5 nitrogen and oxygen atoms in total. The summed E-state index contributed by atoms with van der Waals surface area (Å²) in [5.74, 6) is -0.618. The van der Waals surface area contributed by atoms with Gasteiger partial charge in [-0.05, 0) is 23.6 Å². The summed E-state index contributed by atoms with van der Waals surface area (Å²) < 4.78 is 0. The van der Waals surface area contributed by atoms with Gasteiger partial charge >= 0.3 is 0 Å². The van der Waals surface area contributed by atoms with E-state index in [-0.39, 0.29) is 16.8 Å². The smallest absolute Gasteiger partial charge is 0.274 e. The standard InChI is InChI=1S/C19H16ClN3O2/c1-23(2)19(25)14-9-5-6-10-15(14)22-18(24)16-11-12-7-3-4-8-13(12)17(20)21-16/h3-11H,1-2H3,(H,22,24). The Kier molecular flexibility index (Phi) is 4.67. The molecule has 0 saturated carbocycles. The molecule has 0 aliphatic rings. The highest BCUT2D eigenvalue weighted by molar-refractivity contribution is 6.34. The molecule has 0 atom stereocenters. The van der Waals surface area contributed by atoms with Crippen LogP contribution >= 0.6 is 11.6 Å². The van der Waals surface area contributed by atoms with Gasteiger partial charge in [-0.25, -0.2) is 4.98 Å². The van der Waals surface area contributed by atoms with Crippen LogP contribution in [-0.2, 0) is 0 Å². The lowest BCUT2D eigenvalue weighted by molar-refractivity contribution is 0.0828. The Balaban J connectivity index is 1.95. The molecule has 25 heavy (non-hydrogen) atoms. The number of benzene rings is 2. The van der Waals surface area contributed by atoms with Crippen molar-refractivity contribution in [3.05, 3.63) is 71.0 Å². The first-order valence-corrected chi connectivity index (χ1v) is 8.02. The average Bonchev–Trinajstić information content (AvgIpc) is 2.61. The van der Waals surface area contributed by atoms with Crippen LogP contribution in [0.4, 0.5) is 5.69 Å².